The van der Waals surface area contributed by atoms with E-state index in [9.17, 15) is 22.8 Å². The molecule has 3 aromatic rings. The van der Waals surface area contributed by atoms with Crippen LogP contribution in [0.2, 0.25) is 0 Å². The molecule has 2 heterocycles. The van der Waals surface area contributed by atoms with Crippen molar-refractivity contribution in [3.05, 3.63) is 65.8 Å². The number of amides is 3. The van der Waals surface area contributed by atoms with E-state index in [1.165, 1.54) is 55.5 Å². The number of hydrogen-bond acceptors (Lipinski definition) is 6. The molecule has 0 bridgehead atoms. The number of benzene rings is 2. The number of carbonyl (C=O) groups is 2. The van der Waals surface area contributed by atoms with Crippen LogP contribution in [-0.4, -0.2) is 33.6 Å². The fraction of sp³-hybridized carbons (Fsp3) is 0.200. The summed E-state index contributed by atoms with van der Waals surface area (Å²) in [7, 11) is 0. The van der Waals surface area contributed by atoms with Crippen molar-refractivity contribution in [1.29, 1.82) is 0 Å². The Morgan fingerprint density at radius 3 is 2.45 bits per heavy atom. The highest BCUT2D eigenvalue weighted by atomic mass is 19.3. The lowest BCUT2D eigenvalue weighted by atomic mass is 9.92. The second kappa shape index (κ2) is 7.74. The van der Waals surface area contributed by atoms with E-state index in [0.717, 1.165) is 4.90 Å². The van der Waals surface area contributed by atoms with E-state index in [1.54, 1.807) is 0 Å². The molecule has 31 heavy (non-hydrogen) atoms. The van der Waals surface area contributed by atoms with Gasteiger partial charge in [0.1, 0.15) is 23.7 Å². The van der Waals surface area contributed by atoms with Crippen molar-refractivity contribution >= 4 is 11.9 Å². The van der Waals surface area contributed by atoms with Crippen LogP contribution < -0.4 is 10.1 Å². The molecule has 2 aromatic carbocycles. The number of carbonyl (C=O) groups excluding carboxylic acids is 2. The first kappa shape index (κ1) is 20.4. The summed E-state index contributed by atoms with van der Waals surface area (Å²) in [5, 5.41) is 6.37. The van der Waals surface area contributed by atoms with Crippen molar-refractivity contribution < 1.29 is 32.0 Å². The van der Waals surface area contributed by atoms with Gasteiger partial charge in [-0.1, -0.05) is 17.3 Å². The van der Waals surface area contributed by atoms with Gasteiger partial charge in [-0.3, -0.25) is 9.69 Å². The summed E-state index contributed by atoms with van der Waals surface area (Å²) in [5.41, 5.74) is -0.530. The molecule has 4 rings (SSSR count). The van der Waals surface area contributed by atoms with Crippen LogP contribution in [-0.2, 0) is 16.9 Å². The number of alkyl halides is 2. The van der Waals surface area contributed by atoms with Gasteiger partial charge in [0.25, 0.3) is 5.91 Å². The van der Waals surface area contributed by atoms with Crippen molar-refractivity contribution in [3.63, 3.8) is 0 Å². The number of aromatic nitrogens is 2. The third-order valence-corrected chi connectivity index (χ3v) is 4.80. The largest absolute Gasteiger partial charge is 0.435 e. The van der Waals surface area contributed by atoms with E-state index in [0.29, 0.717) is 11.1 Å². The van der Waals surface area contributed by atoms with E-state index < -0.39 is 29.9 Å². The third-order valence-electron chi connectivity index (χ3n) is 4.80. The standard InChI is InChI=1S/C20H15F3N4O4/c1-20(12-4-8-14(9-5-12)30-18(22)23)17(28)27(19(29)25-20)10-15-24-16(26-31-15)11-2-6-13(21)7-3-11/h2-9,18H,10H2,1H3,(H,25,29). The summed E-state index contributed by atoms with van der Waals surface area (Å²) in [6.45, 7) is -1.76. The lowest BCUT2D eigenvalue weighted by molar-refractivity contribution is -0.131. The van der Waals surface area contributed by atoms with Crippen molar-refractivity contribution in [2.75, 3.05) is 0 Å². The molecular weight excluding hydrogens is 417 g/mol. The Morgan fingerprint density at radius 1 is 1.13 bits per heavy atom. The van der Waals surface area contributed by atoms with Crippen LogP contribution in [0.25, 0.3) is 11.4 Å². The summed E-state index contributed by atoms with van der Waals surface area (Å²) in [6.07, 6.45) is 0. The smallest absolute Gasteiger partial charge is 0.387 e. The molecule has 8 nitrogen and oxygen atoms in total. The number of ether oxygens (including phenoxy) is 1. The maximum Gasteiger partial charge on any atom is 0.387 e. The zero-order chi connectivity index (χ0) is 22.2. The Kier molecular flexibility index (Phi) is 5.09. The van der Waals surface area contributed by atoms with Crippen LogP contribution in [0.1, 0.15) is 18.4 Å². The molecule has 160 valence electrons. The third kappa shape index (κ3) is 3.93. The molecular formula is C20H15F3N4O4. The van der Waals surface area contributed by atoms with Gasteiger partial charge in [-0.2, -0.15) is 13.8 Å². The van der Waals surface area contributed by atoms with Gasteiger partial charge in [0.15, 0.2) is 0 Å². The van der Waals surface area contributed by atoms with Gasteiger partial charge in [-0.15, -0.1) is 0 Å². The molecule has 1 unspecified atom stereocenters. The van der Waals surface area contributed by atoms with E-state index in [1.807, 2.05) is 0 Å². The van der Waals surface area contributed by atoms with Crippen molar-refractivity contribution in [3.8, 4) is 17.1 Å². The fourth-order valence-corrected chi connectivity index (χ4v) is 3.18. The molecule has 0 spiro atoms. The summed E-state index contributed by atoms with van der Waals surface area (Å²) >= 11 is 0. The predicted octanol–water partition coefficient (Wildman–Crippen LogP) is 3.44. The first-order chi connectivity index (χ1) is 14.8. The molecule has 0 saturated carbocycles. The van der Waals surface area contributed by atoms with Crippen molar-refractivity contribution in [2.45, 2.75) is 25.6 Å². The van der Waals surface area contributed by atoms with Crippen LogP contribution in [0, 0.1) is 5.82 Å². The van der Waals surface area contributed by atoms with Crippen LogP contribution >= 0.6 is 0 Å². The van der Waals surface area contributed by atoms with Crippen LogP contribution in [0.15, 0.2) is 53.1 Å². The average Bonchev–Trinajstić information content (AvgIpc) is 3.28. The van der Waals surface area contributed by atoms with Gasteiger partial charge < -0.3 is 14.6 Å². The van der Waals surface area contributed by atoms with Gasteiger partial charge in [0.05, 0.1) is 0 Å². The van der Waals surface area contributed by atoms with Crippen LogP contribution in [0.3, 0.4) is 0 Å². The summed E-state index contributed by atoms with van der Waals surface area (Å²) in [6, 6.07) is 10.1. The lowest BCUT2D eigenvalue weighted by Crippen LogP contribution is -2.40. The highest BCUT2D eigenvalue weighted by molar-refractivity contribution is 6.07. The molecule has 1 fully saturated rings. The molecule has 0 radical (unpaired) electrons. The number of imide groups is 1. The first-order valence-electron chi connectivity index (χ1n) is 9.04. The number of urea groups is 1. The van der Waals surface area contributed by atoms with Gasteiger partial charge in [-0.05, 0) is 48.9 Å². The molecule has 1 aliphatic rings. The molecule has 1 saturated heterocycles. The van der Waals surface area contributed by atoms with Crippen LogP contribution in [0.5, 0.6) is 5.75 Å². The minimum Gasteiger partial charge on any atom is -0.435 e. The van der Waals surface area contributed by atoms with E-state index in [-0.39, 0.29) is 24.0 Å². The van der Waals surface area contributed by atoms with Crippen molar-refractivity contribution in [1.82, 2.24) is 20.4 Å². The monoisotopic (exact) mass is 432 g/mol. The fourth-order valence-electron chi connectivity index (χ4n) is 3.18. The van der Waals surface area contributed by atoms with E-state index >= 15 is 0 Å². The Balaban J connectivity index is 1.51. The second-order valence-electron chi connectivity index (χ2n) is 6.87. The lowest BCUT2D eigenvalue weighted by Gasteiger charge is -2.22. The van der Waals surface area contributed by atoms with E-state index in [4.69, 9.17) is 4.52 Å². The van der Waals surface area contributed by atoms with Gasteiger partial charge >= 0.3 is 12.6 Å². The normalized spacial score (nSPS) is 18.5. The molecule has 3 amide bonds. The maximum atomic E-state index is 13.1. The summed E-state index contributed by atoms with van der Waals surface area (Å²) in [5.74, 6) is -0.885. The van der Waals surface area contributed by atoms with Gasteiger partial charge in [-0.25, -0.2) is 9.18 Å². The highest BCUT2D eigenvalue weighted by Gasteiger charge is 2.49. The van der Waals surface area contributed by atoms with Crippen LogP contribution in [0.4, 0.5) is 18.0 Å². The SMILES string of the molecule is CC1(c2ccc(OC(F)F)cc2)NC(=O)N(Cc2nc(-c3ccc(F)cc3)no2)C1=O. The number of hydrogen-bond donors (Lipinski definition) is 1. The number of nitrogens with one attached hydrogen (secondary N) is 1. The first-order valence-corrected chi connectivity index (χ1v) is 9.04. The minimum absolute atomic E-state index is 0.00718. The molecule has 11 heteroatoms. The Labute approximate surface area is 173 Å². The zero-order valence-corrected chi connectivity index (χ0v) is 16.0. The quantitative estimate of drug-likeness (QED) is 0.600. The zero-order valence-electron chi connectivity index (χ0n) is 16.0. The summed E-state index contributed by atoms with van der Waals surface area (Å²) < 4.78 is 47.1. The van der Waals surface area contributed by atoms with E-state index in [2.05, 4.69) is 20.2 Å². The van der Waals surface area contributed by atoms with Gasteiger partial charge in [0, 0.05) is 5.56 Å². The number of halogens is 3. The Morgan fingerprint density at radius 2 is 1.81 bits per heavy atom. The molecule has 1 atom stereocenters. The minimum atomic E-state index is -2.97. The number of nitrogens with zero attached hydrogens (tertiary/aromatic N) is 3. The topological polar surface area (TPSA) is 97.6 Å². The second-order valence-corrected chi connectivity index (χ2v) is 6.87. The maximum absolute atomic E-state index is 13.1. The Bertz CT molecular complexity index is 1120. The van der Waals surface area contributed by atoms with Gasteiger partial charge in [0.2, 0.25) is 11.7 Å². The molecule has 0 aliphatic carbocycles. The predicted molar refractivity (Wildman–Crippen MR) is 99.2 cm³/mol. The summed E-state index contributed by atoms with van der Waals surface area (Å²) in [4.78, 5) is 30.5. The average molecular weight is 432 g/mol. The number of rotatable bonds is 6. The Hall–Kier alpha value is -3.89. The molecule has 1 N–H and O–H groups in total. The molecule has 1 aliphatic heterocycles. The van der Waals surface area contributed by atoms with Crippen molar-refractivity contribution in [2.24, 2.45) is 0 Å². The highest BCUT2D eigenvalue weighted by Crippen LogP contribution is 2.31. The molecule has 1 aromatic heterocycles.